The quantitative estimate of drug-likeness (QED) is 0.857. The average molecular weight is 280 g/mol. The van der Waals surface area contributed by atoms with Crippen molar-refractivity contribution in [3.05, 3.63) is 28.5 Å². The Balaban J connectivity index is 0.00000169. The Morgan fingerprint density at radius 1 is 1.57 bits per heavy atom. The van der Waals surface area contributed by atoms with Gasteiger partial charge in [0.1, 0.15) is 4.60 Å². The number of aromatic nitrogens is 1. The maximum Gasteiger partial charge on any atom is 0.106 e. The maximum absolute atomic E-state index is 6.00. The summed E-state index contributed by atoms with van der Waals surface area (Å²) >= 11 is 3.33. The van der Waals surface area contributed by atoms with E-state index in [2.05, 4.69) is 27.8 Å². The molecular weight excluding hydrogens is 263 g/mol. The molecule has 0 saturated carbocycles. The van der Waals surface area contributed by atoms with Crippen LogP contribution in [0.25, 0.3) is 0 Å². The molecule has 0 aliphatic rings. The molecule has 0 aromatic carbocycles. The van der Waals surface area contributed by atoms with Gasteiger partial charge in [0.2, 0.25) is 0 Å². The van der Waals surface area contributed by atoms with Crippen molar-refractivity contribution >= 4 is 28.3 Å². The lowest BCUT2D eigenvalue weighted by atomic mass is 10.0. The van der Waals surface area contributed by atoms with Gasteiger partial charge in [-0.2, -0.15) is 0 Å². The highest BCUT2D eigenvalue weighted by Gasteiger charge is 2.05. The van der Waals surface area contributed by atoms with Crippen molar-refractivity contribution in [2.24, 2.45) is 5.73 Å². The van der Waals surface area contributed by atoms with Crippen LogP contribution in [-0.4, -0.2) is 4.98 Å². The van der Waals surface area contributed by atoms with Gasteiger partial charge in [0.25, 0.3) is 0 Å². The highest BCUT2D eigenvalue weighted by Crippen LogP contribution is 2.18. The molecule has 1 aromatic rings. The molecule has 0 spiro atoms. The van der Waals surface area contributed by atoms with Gasteiger partial charge >= 0.3 is 0 Å². The number of pyridine rings is 1. The summed E-state index contributed by atoms with van der Waals surface area (Å²) in [5.41, 5.74) is 7.16. The monoisotopic (exact) mass is 278 g/mol. The van der Waals surface area contributed by atoms with Crippen LogP contribution in [0.5, 0.6) is 0 Å². The first-order chi connectivity index (χ1) is 6.24. The number of hydrogen-bond acceptors (Lipinski definition) is 2. The molecule has 1 atom stereocenters. The fraction of sp³-hybridized carbons (Fsp3) is 0.500. The van der Waals surface area contributed by atoms with Gasteiger partial charge in [-0.3, -0.25) is 0 Å². The molecule has 0 saturated heterocycles. The van der Waals surface area contributed by atoms with Crippen LogP contribution in [0.3, 0.4) is 0 Å². The van der Waals surface area contributed by atoms with Gasteiger partial charge < -0.3 is 5.73 Å². The maximum atomic E-state index is 6.00. The lowest BCUT2D eigenvalue weighted by Gasteiger charge is -2.10. The van der Waals surface area contributed by atoms with E-state index in [-0.39, 0.29) is 18.4 Å². The van der Waals surface area contributed by atoms with E-state index in [4.69, 9.17) is 5.73 Å². The molecule has 0 aliphatic heterocycles. The minimum atomic E-state index is 0. The van der Waals surface area contributed by atoms with Crippen molar-refractivity contribution in [1.29, 1.82) is 0 Å². The lowest BCUT2D eigenvalue weighted by molar-refractivity contribution is 0.602. The van der Waals surface area contributed by atoms with Crippen molar-refractivity contribution in [3.8, 4) is 0 Å². The normalized spacial score (nSPS) is 11.9. The van der Waals surface area contributed by atoms with E-state index in [1.807, 2.05) is 12.1 Å². The van der Waals surface area contributed by atoms with Gasteiger partial charge in [-0.1, -0.05) is 19.8 Å². The van der Waals surface area contributed by atoms with Crippen LogP contribution in [0.1, 0.15) is 37.8 Å². The standard InChI is InChI=1S/C10H15BrN2.ClH/c1-2-3-4-9(12)8-5-6-13-10(11)7-8;/h5-7,9H,2-4,12H2,1H3;1H/t9-;/m0./s1. The van der Waals surface area contributed by atoms with E-state index in [1.54, 1.807) is 6.20 Å². The number of nitrogens with two attached hydrogens (primary N) is 1. The van der Waals surface area contributed by atoms with Crippen molar-refractivity contribution in [2.75, 3.05) is 0 Å². The van der Waals surface area contributed by atoms with Crippen LogP contribution in [0.2, 0.25) is 0 Å². The topological polar surface area (TPSA) is 38.9 Å². The third-order valence-corrected chi connectivity index (χ3v) is 2.48. The van der Waals surface area contributed by atoms with Crippen LogP contribution in [0.15, 0.2) is 22.9 Å². The lowest BCUT2D eigenvalue weighted by Crippen LogP contribution is -2.09. The minimum Gasteiger partial charge on any atom is -0.324 e. The van der Waals surface area contributed by atoms with E-state index >= 15 is 0 Å². The molecule has 1 rings (SSSR count). The Morgan fingerprint density at radius 2 is 2.29 bits per heavy atom. The average Bonchev–Trinajstić information content (AvgIpc) is 2.14. The van der Waals surface area contributed by atoms with Gasteiger partial charge in [-0.25, -0.2) is 4.98 Å². The van der Waals surface area contributed by atoms with Gasteiger partial charge in [-0.15, -0.1) is 12.4 Å². The van der Waals surface area contributed by atoms with E-state index in [0.29, 0.717) is 0 Å². The van der Waals surface area contributed by atoms with Crippen molar-refractivity contribution in [1.82, 2.24) is 4.98 Å². The Bertz CT molecular complexity index is 268. The Labute approximate surface area is 99.8 Å². The zero-order valence-electron chi connectivity index (χ0n) is 8.24. The predicted octanol–water partition coefficient (Wildman–Crippen LogP) is 3.46. The number of unbranched alkanes of at least 4 members (excludes halogenated alkanes) is 1. The molecule has 1 heterocycles. The first-order valence-corrected chi connectivity index (χ1v) is 5.40. The molecule has 0 unspecified atom stereocenters. The van der Waals surface area contributed by atoms with E-state index in [0.717, 1.165) is 16.6 Å². The summed E-state index contributed by atoms with van der Waals surface area (Å²) in [5, 5.41) is 0. The van der Waals surface area contributed by atoms with E-state index in [9.17, 15) is 0 Å². The summed E-state index contributed by atoms with van der Waals surface area (Å²) in [7, 11) is 0. The zero-order chi connectivity index (χ0) is 9.68. The summed E-state index contributed by atoms with van der Waals surface area (Å²) in [4.78, 5) is 4.06. The Hall–Kier alpha value is -0.120. The molecule has 2 nitrogen and oxygen atoms in total. The van der Waals surface area contributed by atoms with E-state index in [1.165, 1.54) is 12.8 Å². The van der Waals surface area contributed by atoms with Crippen LogP contribution < -0.4 is 5.73 Å². The van der Waals surface area contributed by atoms with Crippen molar-refractivity contribution < 1.29 is 0 Å². The van der Waals surface area contributed by atoms with Gasteiger partial charge in [0.15, 0.2) is 0 Å². The van der Waals surface area contributed by atoms with E-state index < -0.39 is 0 Å². The number of halogens is 2. The summed E-state index contributed by atoms with van der Waals surface area (Å²) in [6, 6.07) is 4.12. The number of rotatable bonds is 4. The molecule has 14 heavy (non-hydrogen) atoms. The Morgan fingerprint density at radius 3 is 2.86 bits per heavy atom. The first kappa shape index (κ1) is 13.9. The van der Waals surface area contributed by atoms with Crippen molar-refractivity contribution in [2.45, 2.75) is 32.2 Å². The molecule has 0 amide bonds. The summed E-state index contributed by atoms with van der Waals surface area (Å²) in [5.74, 6) is 0. The SMILES string of the molecule is CCCC[C@H](N)c1ccnc(Br)c1.Cl. The summed E-state index contributed by atoms with van der Waals surface area (Å²) < 4.78 is 0.858. The molecule has 1 aromatic heterocycles. The second-order valence-electron chi connectivity index (χ2n) is 3.16. The molecule has 2 N–H and O–H groups in total. The fourth-order valence-electron chi connectivity index (χ4n) is 1.24. The molecule has 0 fully saturated rings. The molecule has 0 aliphatic carbocycles. The molecular formula is C10H16BrClN2. The summed E-state index contributed by atoms with van der Waals surface area (Å²) in [6.07, 6.45) is 5.21. The van der Waals surface area contributed by atoms with Crippen LogP contribution in [-0.2, 0) is 0 Å². The highest BCUT2D eigenvalue weighted by molar-refractivity contribution is 9.10. The Kier molecular flexibility index (Phi) is 7.15. The number of nitrogens with zero attached hydrogens (tertiary/aromatic N) is 1. The van der Waals surface area contributed by atoms with Crippen LogP contribution in [0, 0.1) is 0 Å². The fourth-order valence-corrected chi connectivity index (χ4v) is 1.62. The minimum absolute atomic E-state index is 0. The van der Waals surface area contributed by atoms with Gasteiger partial charge in [0, 0.05) is 12.2 Å². The molecule has 0 bridgehead atoms. The second kappa shape index (κ2) is 7.21. The summed E-state index contributed by atoms with van der Waals surface area (Å²) in [6.45, 7) is 2.18. The van der Waals surface area contributed by atoms with Crippen LogP contribution >= 0.6 is 28.3 Å². The van der Waals surface area contributed by atoms with Crippen molar-refractivity contribution in [3.63, 3.8) is 0 Å². The molecule has 4 heteroatoms. The number of hydrogen-bond donors (Lipinski definition) is 1. The van der Waals surface area contributed by atoms with Gasteiger partial charge in [0.05, 0.1) is 0 Å². The highest BCUT2D eigenvalue weighted by atomic mass is 79.9. The largest absolute Gasteiger partial charge is 0.324 e. The third kappa shape index (κ3) is 4.40. The molecule has 80 valence electrons. The zero-order valence-corrected chi connectivity index (χ0v) is 10.6. The van der Waals surface area contributed by atoms with Gasteiger partial charge in [-0.05, 0) is 40.0 Å². The second-order valence-corrected chi connectivity index (χ2v) is 3.97. The smallest absolute Gasteiger partial charge is 0.106 e. The third-order valence-electron chi connectivity index (χ3n) is 2.05. The first-order valence-electron chi connectivity index (χ1n) is 4.61. The van der Waals surface area contributed by atoms with Crippen LogP contribution in [0.4, 0.5) is 0 Å². The molecule has 0 radical (unpaired) electrons. The predicted molar refractivity (Wildman–Crippen MR) is 65.6 cm³/mol.